The van der Waals surface area contributed by atoms with Crippen molar-refractivity contribution in [2.75, 3.05) is 19.5 Å². The first-order valence-electron chi connectivity index (χ1n) is 5.54. The Kier molecular flexibility index (Phi) is 5.22. The predicted molar refractivity (Wildman–Crippen MR) is 78.1 cm³/mol. The molecule has 2 rings (SSSR count). The van der Waals surface area contributed by atoms with Crippen LogP contribution in [-0.4, -0.2) is 24.6 Å². The molecule has 1 aliphatic heterocycles. The lowest BCUT2D eigenvalue weighted by Crippen LogP contribution is -2.12. The van der Waals surface area contributed by atoms with Gasteiger partial charge in [0.05, 0.1) is 18.9 Å². The molecule has 100 valence electrons. The maximum atomic E-state index is 8.62. The first-order valence-corrected chi connectivity index (χ1v) is 7.56. The topological polar surface area (TPSA) is 66.6 Å². The first kappa shape index (κ1) is 14.3. The van der Waals surface area contributed by atoms with Crippen LogP contribution in [0, 0.1) is 11.5 Å². The molecule has 1 heterocycles. The van der Waals surface area contributed by atoms with Gasteiger partial charge in [0, 0.05) is 10.0 Å². The summed E-state index contributed by atoms with van der Waals surface area (Å²) in [4.78, 5) is 4.36. The van der Waals surface area contributed by atoms with Gasteiger partial charge in [0.25, 0.3) is 0 Å². The van der Waals surface area contributed by atoms with E-state index in [-0.39, 0.29) is 6.29 Å². The number of nitrogens with one attached hydrogen (secondary N) is 1. The molecule has 7 heteroatoms. The van der Waals surface area contributed by atoms with E-state index in [1.54, 1.807) is 0 Å². The van der Waals surface area contributed by atoms with E-state index < -0.39 is 0 Å². The second-order valence-electron chi connectivity index (χ2n) is 3.67. The highest BCUT2D eigenvalue weighted by Crippen LogP contribution is 2.30. The number of thioether (sulfide) groups is 1. The lowest BCUT2D eigenvalue weighted by molar-refractivity contribution is -0.0441. The zero-order valence-corrected chi connectivity index (χ0v) is 12.6. The molecule has 0 aromatic heterocycles. The SMILES string of the molecule is CSC(=Nc1cc(Br)cc(C2OCCO2)c1)NC#N. The molecule has 1 saturated heterocycles. The van der Waals surface area contributed by atoms with E-state index in [1.807, 2.05) is 30.6 Å². The van der Waals surface area contributed by atoms with Crippen molar-refractivity contribution >= 4 is 38.5 Å². The van der Waals surface area contributed by atoms with Gasteiger partial charge in [-0.15, -0.1) is 0 Å². The third kappa shape index (κ3) is 3.94. The number of aliphatic imine (C=N–C) groups is 1. The van der Waals surface area contributed by atoms with E-state index in [0.717, 1.165) is 15.7 Å². The molecule has 0 amide bonds. The molecule has 0 saturated carbocycles. The molecule has 1 aromatic carbocycles. The van der Waals surface area contributed by atoms with Crippen LogP contribution in [0.5, 0.6) is 0 Å². The van der Waals surface area contributed by atoms with Crippen LogP contribution in [0.15, 0.2) is 27.7 Å². The third-order valence-corrected chi connectivity index (χ3v) is 3.42. The fourth-order valence-corrected chi connectivity index (χ4v) is 2.48. The van der Waals surface area contributed by atoms with Crippen molar-refractivity contribution in [2.45, 2.75) is 6.29 Å². The highest BCUT2D eigenvalue weighted by atomic mass is 79.9. The standard InChI is InChI=1S/C12H12BrN3O2S/c1-19-12(15-7-14)16-10-5-8(4-9(13)6-10)11-17-2-3-18-11/h4-6,11H,2-3H2,1H3,(H,15,16). The molecule has 0 spiro atoms. The monoisotopic (exact) mass is 341 g/mol. The van der Waals surface area contributed by atoms with Gasteiger partial charge in [-0.05, 0) is 24.5 Å². The maximum Gasteiger partial charge on any atom is 0.184 e. The molecule has 1 fully saturated rings. The Hall–Kier alpha value is -1.07. The van der Waals surface area contributed by atoms with Crippen LogP contribution in [0.2, 0.25) is 0 Å². The van der Waals surface area contributed by atoms with E-state index in [4.69, 9.17) is 14.7 Å². The van der Waals surface area contributed by atoms with Crippen LogP contribution in [0.3, 0.4) is 0 Å². The van der Waals surface area contributed by atoms with Gasteiger partial charge < -0.3 is 9.47 Å². The lowest BCUT2D eigenvalue weighted by Gasteiger charge is -2.10. The van der Waals surface area contributed by atoms with Crippen LogP contribution in [0.25, 0.3) is 0 Å². The Morgan fingerprint density at radius 1 is 1.47 bits per heavy atom. The van der Waals surface area contributed by atoms with Gasteiger partial charge >= 0.3 is 0 Å². The summed E-state index contributed by atoms with van der Waals surface area (Å²) in [5.41, 5.74) is 1.64. The Morgan fingerprint density at radius 3 is 2.84 bits per heavy atom. The zero-order chi connectivity index (χ0) is 13.7. The van der Waals surface area contributed by atoms with Crippen LogP contribution < -0.4 is 5.32 Å². The normalized spacial score (nSPS) is 16.4. The summed E-state index contributed by atoms with van der Waals surface area (Å²) in [6.45, 7) is 1.20. The predicted octanol–water partition coefficient (Wildman–Crippen LogP) is 2.92. The minimum absolute atomic E-state index is 0.340. The average Bonchev–Trinajstić information content (AvgIpc) is 2.91. The molecule has 1 aromatic rings. The van der Waals surface area contributed by atoms with Crippen LogP contribution in [0.1, 0.15) is 11.9 Å². The molecule has 0 radical (unpaired) electrons. The van der Waals surface area contributed by atoms with Gasteiger partial charge in [-0.3, -0.25) is 5.32 Å². The minimum Gasteiger partial charge on any atom is -0.346 e. The number of ether oxygens (including phenoxy) is 2. The Morgan fingerprint density at radius 2 is 2.21 bits per heavy atom. The molecule has 1 aliphatic rings. The van der Waals surface area contributed by atoms with Crippen molar-refractivity contribution in [3.8, 4) is 6.19 Å². The number of halogens is 1. The molecule has 0 aliphatic carbocycles. The van der Waals surface area contributed by atoms with Crippen molar-refractivity contribution in [3.63, 3.8) is 0 Å². The summed E-state index contributed by atoms with van der Waals surface area (Å²) in [6.07, 6.45) is 3.37. The Balaban J connectivity index is 2.28. The summed E-state index contributed by atoms with van der Waals surface area (Å²) in [5.74, 6) is 0. The van der Waals surface area contributed by atoms with E-state index in [0.29, 0.717) is 18.4 Å². The molecule has 5 nitrogen and oxygen atoms in total. The number of nitriles is 1. The van der Waals surface area contributed by atoms with Gasteiger partial charge in [0.15, 0.2) is 17.7 Å². The molecule has 0 bridgehead atoms. The van der Waals surface area contributed by atoms with Gasteiger partial charge in [-0.2, -0.15) is 5.26 Å². The second-order valence-corrected chi connectivity index (χ2v) is 5.38. The number of nitrogens with zero attached hydrogens (tertiary/aromatic N) is 2. The average molecular weight is 342 g/mol. The number of rotatable bonds is 2. The smallest absolute Gasteiger partial charge is 0.184 e. The summed E-state index contributed by atoms with van der Waals surface area (Å²) in [7, 11) is 0. The maximum absolute atomic E-state index is 8.62. The summed E-state index contributed by atoms with van der Waals surface area (Å²) >= 11 is 4.81. The largest absolute Gasteiger partial charge is 0.346 e. The van der Waals surface area contributed by atoms with Crippen molar-refractivity contribution in [2.24, 2.45) is 4.99 Å². The Labute approximate surface area is 124 Å². The number of benzene rings is 1. The van der Waals surface area contributed by atoms with Gasteiger partial charge in [0.1, 0.15) is 0 Å². The van der Waals surface area contributed by atoms with Crippen LogP contribution in [0.4, 0.5) is 5.69 Å². The number of hydrogen-bond acceptors (Lipinski definition) is 5. The summed E-state index contributed by atoms with van der Waals surface area (Å²) < 4.78 is 11.8. The van der Waals surface area contributed by atoms with Crippen molar-refractivity contribution in [3.05, 3.63) is 28.2 Å². The molecule has 0 atom stereocenters. The van der Waals surface area contributed by atoms with Gasteiger partial charge in [-0.25, -0.2) is 4.99 Å². The lowest BCUT2D eigenvalue weighted by atomic mass is 10.2. The molecular formula is C12H12BrN3O2S. The minimum atomic E-state index is -0.340. The molecule has 1 N–H and O–H groups in total. The van der Waals surface area contributed by atoms with Crippen LogP contribution in [-0.2, 0) is 9.47 Å². The fraction of sp³-hybridized carbons (Fsp3) is 0.333. The highest BCUT2D eigenvalue weighted by Gasteiger charge is 2.19. The second kappa shape index (κ2) is 6.91. The van der Waals surface area contributed by atoms with E-state index in [2.05, 4.69) is 26.2 Å². The third-order valence-electron chi connectivity index (χ3n) is 2.39. The van der Waals surface area contributed by atoms with Crippen molar-refractivity contribution in [1.82, 2.24) is 5.32 Å². The first-order chi connectivity index (χ1) is 9.22. The van der Waals surface area contributed by atoms with E-state index in [1.165, 1.54) is 11.8 Å². The van der Waals surface area contributed by atoms with Crippen molar-refractivity contribution < 1.29 is 9.47 Å². The Bertz CT molecular complexity index is 524. The summed E-state index contributed by atoms with van der Waals surface area (Å²) in [5, 5.41) is 11.7. The summed E-state index contributed by atoms with van der Waals surface area (Å²) in [6, 6.07) is 5.69. The molecule has 0 unspecified atom stereocenters. The van der Waals surface area contributed by atoms with Gasteiger partial charge in [-0.1, -0.05) is 27.7 Å². The van der Waals surface area contributed by atoms with Crippen molar-refractivity contribution in [1.29, 1.82) is 5.26 Å². The molecule has 19 heavy (non-hydrogen) atoms. The highest BCUT2D eigenvalue weighted by molar-refractivity contribution is 9.10. The molecular weight excluding hydrogens is 330 g/mol. The van der Waals surface area contributed by atoms with Crippen LogP contribution >= 0.6 is 27.7 Å². The number of amidine groups is 1. The van der Waals surface area contributed by atoms with Gasteiger partial charge in [0.2, 0.25) is 0 Å². The zero-order valence-electron chi connectivity index (χ0n) is 10.2. The quantitative estimate of drug-likeness (QED) is 0.387. The van der Waals surface area contributed by atoms with E-state index >= 15 is 0 Å². The fourth-order valence-electron chi connectivity index (χ4n) is 1.64. The van der Waals surface area contributed by atoms with E-state index in [9.17, 15) is 0 Å². The number of hydrogen-bond donors (Lipinski definition) is 1.